The van der Waals surface area contributed by atoms with Crippen molar-refractivity contribution in [2.24, 2.45) is 0 Å². The van der Waals surface area contributed by atoms with Crippen molar-refractivity contribution in [3.8, 4) is 0 Å². The Balaban J connectivity index is 2.05. The summed E-state index contributed by atoms with van der Waals surface area (Å²) in [6, 6.07) is 2.58. The van der Waals surface area contributed by atoms with Crippen LogP contribution >= 0.6 is 27.5 Å². The molecule has 1 N–H and O–H groups in total. The Morgan fingerprint density at radius 3 is 2.79 bits per heavy atom. The van der Waals surface area contributed by atoms with Crippen LogP contribution in [-0.4, -0.2) is 46.6 Å². The lowest BCUT2D eigenvalue weighted by molar-refractivity contribution is -0.00234. The predicted octanol–water partition coefficient (Wildman–Crippen LogP) is 4.55. The smallest absolute Gasteiger partial charge is 0.410 e. The average Bonchev–Trinajstić information content (AvgIpc) is 2.74. The zero-order valence-electron chi connectivity index (χ0n) is 13.6. The Hall–Kier alpha value is -1.15. The molecule has 1 aromatic rings. The first-order valence-electron chi connectivity index (χ1n) is 7.40. The molecule has 0 radical (unpaired) electrons. The minimum Gasteiger partial charge on any atom is -0.444 e. The van der Waals surface area contributed by atoms with Crippen molar-refractivity contribution < 1.29 is 18.3 Å². The van der Waals surface area contributed by atoms with E-state index in [1.165, 1.54) is 0 Å². The molecule has 24 heavy (non-hydrogen) atoms. The third kappa shape index (κ3) is 5.17. The van der Waals surface area contributed by atoms with Crippen molar-refractivity contribution in [2.45, 2.75) is 44.8 Å². The van der Waals surface area contributed by atoms with Gasteiger partial charge in [0.2, 0.25) is 0 Å². The highest BCUT2D eigenvalue weighted by molar-refractivity contribution is 9.10. The van der Waals surface area contributed by atoms with E-state index in [9.17, 15) is 13.6 Å². The number of rotatable bonds is 3. The van der Waals surface area contributed by atoms with Crippen LogP contribution in [0.2, 0.25) is 5.02 Å². The van der Waals surface area contributed by atoms with Gasteiger partial charge in [0.25, 0.3) is 5.92 Å². The number of aromatic nitrogens is 1. The minimum absolute atomic E-state index is 0.135. The number of amides is 1. The minimum atomic E-state index is -2.93. The van der Waals surface area contributed by atoms with Gasteiger partial charge in [-0.25, -0.2) is 18.6 Å². The van der Waals surface area contributed by atoms with E-state index in [1.807, 2.05) is 0 Å². The molecule has 0 spiro atoms. The average molecular weight is 427 g/mol. The van der Waals surface area contributed by atoms with Crippen molar-refractivity contribution in [3.63, 3.8) is 0 Å². The molecule has 0 aliphatic carbocycles. The van der Waals surface area contributed by atoms with E-state index in [0.29, 0.717) is 15.4 Å². The molecule has 0 bridgehead atoms. The number of carbonyl (C=O) groups is 1. The van der Waals surface area contributed by atoms with Crippen LogP contribution in [-0.2, 0) is 4.74 Å². The Kier molecular flexibility index (Phi) is 5.59. The number of carbonyl (C=O) groups excluding carboxylic acids is 1. The first-order valence-corrected chi connectivity index (χ1v) is 8.57. The summed E-state index contributed by atoms with van der Waals surface area (Å²) in [5.74, 6) is -2.46. The number of hydrogen-bond acceptors (Lipinski definition) is 4. The number of nitrogens with zero attached hydrogens (tertiary/aromatic N) is 2. The fraction of sp³-hybridized carbons (Fsp3) is 0.600. The van der Waals surface area contributed by atoms with Gasteiger partial charge < -0.3 is 10.1 Å². The predicted molar refractivity (Wildman–Crippen MR) is 91.7 cm³/mol. The number of likely N-dealkylation sites (tertiary alicyclic amines) is 1. The summed E-state index contributed by atoms with van der Waals surface area (Å²) >= 11 is 9.06. The first-order chi connectivity index (χ1) is 11.0. The summed E-state index contributed by atoms with van der Waals surface area (Å²) in [4.78, 5) is 17.4. The van der Waals surface area contributed by atoms with Crippen LogP contribution in [0.25, 0.3) is 0 Å². The summed E-state index contributed by atoms with van der Waals surface area (Å²) < 4.78 is 33.2. The van der Waals surface area contributed by atoms with Crippen molar-refractivity contribution in [3.05, 3.63) is 21.8 Å². The van der Waals surface area contributed by atoms with E-state index in [0.717, 1.165) is 4.90 Å². The first kappa shape index (κ1) is 19.2. The second-order valence-electron chi connectivity index (χ2n) is 6.67. The lowest BCUT2D eigenvalue weighted by atomic mass is 10.2. The molecule has 2 heterocycles. The lowest BCUT2D eigenvalue weighted by Gasteiger charge is -2.28. The van der Waals surface area contributed by atoms with Crippen molar-refractivity contribution in [1.29, 1.82) is 0 Å². The highest BCUT2D eigenvalue weighted by Crippen LogP contribution is 2.33. The fourth-order valence-corrected chi connectivity index (χ4v) is 2.78. The summed E-state index contributed by atoms with van der Waals surface area (Å²) in [6.45, 7) is 4.58. The maximum absolute atomic E-state index is 13.8. The van der Waals surface area contributed by atoms with E-state index in [1.54, 1.807) is 32.9 Å². The molecule has 1 aliphatic heterocycles. The molecule has 0 saturated carbocycles. The molecule has 134 valence electrons. The normalized spacial score (nSPS) is 20.1. The second kappa shape index (κ2) is 7.00. The van der Waals surface area contributed by atoms with E-state index in [-0.39, 0.29) is 6.54 Å². The number of ether oxygens (including phenoxy) is 1. The van der Waals surface area contributed by atoms with Crippen LogP contribution in [0.4, 0.5) is 19.4 Å². The summed E-state index contributed by atoms with van der Waals surface area (Å²) in [5, 5.41) is 3.41. The highest BCUT2D eigenvalue weighted by atomic mass is 79.9. The molecule has 0 aromatic carbocycles. The Morgan fingerprint density at radius 1 is 1.54 bits per heavy atom. The topological polar surface area (TPSA) is 54.5 Å². The quantitative estimate of drug-likeness (QED) is 0.720. The van der Waals surface area contributed by atoms with Gasteiger partial charge in [0, 0.05) is 13.0 Å². The maximum Gasteiger partial charge on any atom is 0.410 e. The van der Waals surface area contributed by atoms with Gasteiger partial charge in [0.1, 0.15) is 16.0 Å². The molecule has 1 saturated heterocycles. The zero-order valence-corrected chi connectivity index (χ0v) is 15.9. The molecule has 1 aromatic heterocycles. The summed E-state index contributed by atoms with van der Waals surface area (Å²) in [6.07, 6.45) is -1.16. The van der Waals surface area contributed by atoms with Gasteiger partial charge in [-0.3, -0.25) is 4.90 Å². The van der Waals surface area contributed by atoms with E-state index < -0.39 is 36.6 Å². The number of halogens is 4. The number of anilines is 1. The molecule has 9 heteroatoms. The number of hydrogen-bond donors (Lipinski definition) is 1. The Bertz CT molecular complexity index is 625. The molecule has 1 fully saturated rings. The van der Waals surface area contributed by atoms with Crippen LogP contribution in [0.3, 0.4) is 0 Å². The largest absolute Gasteiger partial charge is 0.444 e. The lowest BCUT2D eigenvalue weighted by Crippen LogP contribution is -2.43. The van der Waals surface area contributed by atoms with Crippen molar-refractivity contribution in [2.75, 3.05) is 18.4 Å². The molecule has 1 atom stereocenters. The van der Waals surface area contributed by atoms with Crippen LogP contribution in [0.5, 0.6) is 0 Å². The van der Waals surface area contributed by atoms with Gasteiger partial charge in [0.05, 0.1) is 17.6 Å². The molecule has 1 unspecified atom stereocenters. The van der Waals surface area contributed by atoms with Crippen LogP contribution in [0, 0.1) is 0 Å². The molecular formula is C15H19BrClF2N3O2. The van der Waals surface area contributed by atoms with Gasteiger partial charge in [-0.2, -0.15) is 0 Å². The van der Waals surface area contributed by atoms with Crippen LogP contribution in [0.1, 0.15) is 27.2 Å². The van der Waals surface area contributed by atoms with Crippen molar-refractivity contribution in [1.82, 2.24) is 9.88 Å². The summed E-state index contributed by atoms with van der Waals surface area (Å²) in [7, 11) is 0. The highest BCUT2D eigenvalue weighted by Gasteiger charge is 2.48. The maximum atomic E-state index is 13.8. The van der Waals surface area contributed by atoms with Gasteiger partial charge in [-0.1, -0.05) is 11.6 Å². The van der Waals surface area contributed by atoms with Gasteiger partial charge in [0.15, 0.2) is 0 Å². The van der Waals surface area contributed by atoms with Gasteiger partial charge >= 0.3 is 6.09 Å². The Morgan fingerprint density at radius 2 is 2.21 bits per heavy atom. The third-order valence-corrected chi connectivity index (χ3v) is 4.46. The van der Waals surface area contributed by atoms with Crippen molar-refractivity contribution >= 4 is 39.4 Å². The molecule has 1 aliphatic rings. The second-order valence-corrected chi connectivity index (χ2v) is 7.83. The number of nitrogens with one attached hydrogen (secondary N) is 1. The fourth-order valence-electron chi connectivity index (χ4n) is 2.35. The van der Waals surface area contributed by atoms with E-state index >= 15 is 0 Å². The SMILES string of the molecule is CC(C)(C)OC(=O)N1CC(F)(F)CC1CNc1ccc(Cl)c(Br)n1. The molecule has 2 rings (SSSR count). The third-order valence-electron chi connectivity index (χ3n) is 3.33. The molecule has 1 amide bonds. The van der Waals surface area contributed by atoms with Crippen LogP contribution < -0.4 is 5.32 Å². The van der Waals surface area contributed by atoms with E-state index in [4.69, 9.17) is 16.3 Å². The molecular weight excluding hydrogens is 408 g/mol. The summed E-state index contributed by atoms with van der Waals surface area (Å²) in [5.41, 5.74) is -0.741. The van der Waals surface area contributed by atoms with E-state index in [2.05, 4.69) is 26.2 Å². The van der Waals surface area contributed by atoms with Crippen LogP contribution in [0.15, 0.2) is 16.7 Å². The Labute approximate surface area is 152 Å². The van der Waals surface area contributed by atoms with Gasteiger partial charge in [-0.05, 0) is 48.8 Å². The monoisotopic (exact) mass is 425 g/mol. The number of pyridine rings is 1. The standard InChI is InChI=1S/C15H19BrClF2N3O2/c1-14(2,3)24-13(23)22-8-15(18,19)6-9(22)7-20-11-5-4-10(17)12(16)21-11/h4-5,9H,6-8H2,1-3H3,(H,20,21). The number of alkyl halides is 2. The molecule has 5 nitrogen and oxygen atoms in total. The zero-order chi connectivity index (χ0) is 18.1. The van der Waals surface area contributed by atoms with Gasteiger partial charge in [-0.15, -0.1) is 0 Å².